The molecule has 3 nitrogen and oxygen atoms in total. The Hall–Kier alpha value is -1.77. The normalized spacial score (nSPS) is 23.6. The molecule has 1 heterocycles. The van der Waals surface area contributed by atoms with E-state index in [9.17, 15) is 4.79 Å². The van der Waals surface area contributed by atoms with Crippen molar-refractivity contribution in [2.75, 3.05) is 0 Å². The molecule has 1 saturated heterocycles. The van der Waals surface area contributed by atoms with Crippen LogP contribution < -0.4 is 0 Å². The summed E-state index contributed by atoms with van der Waals surface area (Å²) in [6.07, 6.45) is 3.16. The molecule has 1 aromatic rings. The van der Waals surface area contributed by atoms with Crippen LogP contribution in [0.2, 0.25) is 0 Å². The molecule has 0 amide bonds. The highest BCUT2D eigenvalue weighted by Crippen LogP contribution is 2.21. The first-order chi connectivity index (χ1) is 8.28. The summed E-state index contributed by atoms with van der Waals surface area (Å²) >= 11 is 0. The lowest BCUT2D eigenvalue weighted by Crippen LogP contribution is -2.35. The number of rotatable bonds is 4. The van der Waals surface area contributed by atoms with Gasteiger partial charge in [0.25, 0.3) is 0 Å². The van der Waals surface area contributed by atoms with E-state index in [1.165, 1.54) is 5.56 Å². The number of hydrogen-bond donors (Lipinski definition) is 0. The van der Waals surface area contributed by atoms with Crippen molar-refractivity contribution in [3.05, 3.63) is 48.6 Å². The van der Waals surface area contributed by atoms with Crippen LogP contribution in [0, 0.1) is 0 Å². The van der Waals surface area contributed by atoms with Crippen LogP contribution in [0.3, 0.4) is 0 Å². The molecule has 1 aliphatic rings. The van der Waals surface area contributed by atoms with Gasteiger partial charge in [-0.15, -0.1) is 6.58 Å². The molecule has 1 fully saturated rings. The van der Waals surface area contributed by atoms with E-state index in [4.69, 9.17) is 9.47 Å². The van der Waals surface area contributed by atoms with Crippen LogP contribution in [0.25, 0.3) is 0 Å². The summed E-state index contributed by atoms with van der Waals surface area (Å²) in [6, 6.07) is 10.0. The summed E-state index contributed by atoms with van der Waals surface area (Å²) in [6.45, 7) is 3.66. The van der Waals surface area contributed by atoms with Crippen LogP contribution in [0.15, 0.2) is 43.0 Å². The van der Waals surface area contributed by atoms with E-state index in [1.807, 2.05) is 30.3 Å². The average molecular weight is 232 g/mol. The molecule has 0 aromatic heterocycles. The van der Waals surface area contributed by atoms with Gasteiger partial charge in [0.2, 0.25) is 0 Å². The minimum atomic E-state index is -0.566. The van der Waals surface area contributed by atoms with Crippen molar-refractivity contribution in [3.8, 4) is 0 Å². The molecule has 0 radical (unpaired) electrons. The molecular weight excluding hydrogens is 216 g/mol. The van der Waals surface area contributed by atoms with Gasteiger partial charge in [0.1, 0.15) is 12.2 Å². The Balaban J connectivity index is 1.96. The van der Waals surface area contributed by atoms with E-state index in [0.717, 1.165) is 12.8 Å². The highest BCUT2D eigenvalue weighted by atomic mass is 16.7. The second kappa shape index (κ2) is 5.53. The highest BCUT2D eigenvalue weighted by Gasteiger charge is 2.28. The molecule has 0 unspecified atom stereocenters. The van der Waals surface area contributed by atoms with Gasteiger partial charge in [0, 0.05) is 19.3 Å². The third-order valence-electron chi connectivity index (χ3n) is 2.79. The maximum absolute atomic E-state index is 11.3. The quantitative estimate of drug-likeness (QED) is 0.591. The number of carbonyl (C=O) groups is 1. The average Bonchev–Trinajstić information content (AvgIpc) is 2.30. The van der Waals surface area contributed by atoms with Crippen molar-refractivity contribution in [1.82, 2.24) is 0 Å². The largest absolute Gasteiger partial charge is 0.508 e. The fourth-order valence-corrected chi connectivity index (χ4v) is 2.02. The topological polar surface area (TPSA) is 35.5 Å². The summed E-state index contributed by atoms with van der Waals surface area (Å²) in [5, 5.41) is 0. The predicted octanol–water partition coefficient (Wildman–Crippen LogP) is 3.10. The van der Waals surface area contributed by atoms with Crippen molar-refractivity contribution >= 4 is 6.16 Å². The maximum Gasteiger partial charge on any atom is 0.508 e. The molecule has 3 heteroatoms. The van der Waals surface area contributed by atoms with Crippen molar-refractivity contribution in [2.24, 2.45) is 0 Å². The summed E-state index contributed by atoms with van der Waals surface area (Å²) in [5.74, 6) is 0. The molecule has 2 rings (SSSR count). The third-order valence-corrected chi connectivity index (χ3v) is 2.79. The zero-order valence-electron chi connectivity index (χ0n) is 9.67. The van der Waals surface area contributed by atoms with Gasteiger partial charge in [-0.25, -0.2) is 4.79 Å². The van der Waals surface area contributed by atoms with E-state index in [0.29, 0.717) is 6.42 Å². The van der Waals surface area contributed by atoms with Crippen LogP contribution in [0.1, 0.15) is 18.4 Å². The first-order valence-electron chi connectivity index (χ1n) is 5.80. The van der Waals surface area contributed by atoms with Crippen LogP contribution >= 0.6 is 0 Å². The standard InChI is InChI=1S/C14H16O3/c1-2-6-12-10-13(17-14(15)16-12)9-11-7-4-3-5-8-11/h2-5,7-8,12-13H,1,6,9-10H2/t12-,13+/m1/s1. The second-order valence-corrected chi connectivity index (χ2v) is 4.18. The van der Waals surface area contributed by atoms with Gasteiger partial charge in [0.15, 0.2) is 0 Å². The first kappa shape index (κ1) is 11.7. The SMILES string of the molecule is C=CC[C@@H]1C[C@H](Cc2ccccc2)OC(=O)O1. The minimum absolute atomic E-state index is 0.0939. The Kier molecular flexibility index (Phi) is 3.81. The van der Waals surface area contributed by atoms with Gasteiger partial charge in [0.05, 0.1) is 0 Å². The number of carbonyl (C=O) groups excluding carboxylic acids is 1. The van der Waals surface area contributed by atoms with Gasteiger partial charge >= 0.3 is 6.16 Å². The lowest BCUT2D eigenvalue weighted by molar-refractivity contribution is -0.0579. The zero-order chi connectivity index (χ0) is 12.1. The fourth-order valence-electron chi connectivity index (χ4n) is 2.02. The van der Waals surface area contributed by atoms with Gasteiger partial charge in [-0.3, -0.25) is 0 Å². The van der Waals surface area contributed by atoms with Crippen LogP contribution in [0.5, 0.6) is 0 Å². The monoisotopic (exact) mass is 232 g/mol. The van der Waals surface area contributed by atoms with E-state index >= 15 is 0 Å². The number of ether oxygens (including phenoxy) is 2. The second-order valence-electron chi connectivity index (χ2n) is 4.18. The summed E-state index contributed by atoms with van der Waals surface area (Å²) < 4.78 is 10.2. The molecule has 90 valence electrons. The van der Waals surface area contributed by atoms with E-state index in [1.54, 1.807) is 6.08 Å². The van der Waals surface area contributed by atoms with Crippen LogP contribution in [0.4, 0.5) is 4.79 Å². The van der Waals surface area contributed by atoms with E-state index in [2.05, 4.69) is 6.58 Å². The summed E-state index contributed by atoms with van der Waals surface area (Å²) in [4.78, 5) is 11.3. The van der Waals surface area contributed by atoms with Gasteiger partial charge in [-0.05, 0) is 5.56 Å². The minimum Gasteiger partial charge on any atom is -0.430 e. The molecule has 0 N–H and O–H groups in total. The molecule has 2 atom stereocenters. The lowest BCUT2D eigenvalue weighted by Gasteiger charge is -2.28. The first-order valence-corrected chi connectivity index (χ1v) is 5.80. The van der Waals surface area contributed by atoms with Crippen molar-refractivity contribution in [2.45, 2.75) is 31.5 Å². The van der Waals surface area contributed by atoms with E-state index in [-0.39, 0.29) is 12.2 Å². The van der Waals surface area contributed by atoms with Crippen molar-refractivity contribution < 1.29 is 14.3 Å². The molecule has 1 aromatic carbocycles. The molecule has 1 aliphatic heterocycles. The Labute approximate surface area is 101 Å². The fraction of sp³-hybridized carbons (Fsp3) is 0.357. The van der Waals surface area contributed by atoms with Gasteiger partial charge in [-0.2, -0.15) is 0 Å². The zero-order valence-corrected chi connectivity index (χ0v) is 9.67. The van der Waals surface area contributed by atoms with Crippen LogP contribution in [-0.4, -0.2) is 18.4 Å². The molecule has 17 heavy (non-hydrogen) atoms. The molecule has 0 saturated carbocycles. The lowest BCUT2D eigenvalue weighted by atomic mass is 10.0. The molecular formula is C14H16O3. The van der Waals surface area contributed by atoms with Crippen LogP contribution in [-0.2, 0) is 15.9 Å². The molecule has 0 bridgehead atoms. The number of hydrogen-bond acceptors (Lipinski definition) is 3. The summed E-state index contributed by atoms with van der Waals surface area (Å²) in [7, 11) is 0. The van der Waals surface area contributed by atoms with Crippen molar-refractivity contribution in [3.63, 3.8) is 0 Å². The smallest absolute Gasteiger partial charge is 0.430 e. The van der Waals surface area contributed by atoms with E-state index < -0.39 is 6.16 Å². The maximum atomic E-state index is 11.3. The third kappa shape index (κ3) is 3.34. The number of cyclic esters (lactones) is 2. The Bertz CT molecular complexity index is 386. The molecule has 0 aliphatic carbocycles. The predicted molar refractivity (Wildman–Crippen MR) is 64.7 cm³/mol. The molecule has 0 spiro atoms. The Morgan fingerprint density at radius 1 is 1.24 bits per heavy atom. The summed E-state index contributed by atoms with van der Waals surface area (Å²) in [5.41, 5.74) is 1.17. The Morgan fingerprint density at radius 2 is 1.94 bits per heavy atom. The van der Waals surface area contributed by atoms with Crippen molar-refractivity contribution in [1.29, 1.82) is 0 Å². The highest BCUT2D eigenvalue weighted by molar-refractivity contribution is 5.61. The van der Waals surface area contributed by atoms with Gasteiger partial charge in [-0.1, -0.05) is 36.4 Å². The Morgan fingerprint density at radius 3 is 2.65 bits per heavy atom. The number of benzene rings is 1. The van der Waals surface area contributed by atoms with Gasteiger partial charge < -0.3 is 9.47 Å².